The van der Waals surface area contributed by atoms with Gasteiger partial charge in [0, 0.05) is 23.4 Å². The first kappa shape index (κ1) is 19.0. The number of hydrogen-bond acceptors (Lipinski definition) is 0. The molecule has 2 aromatic carbocycles. The first-order valence-electron chi connectivity index (χ1n) is 7.77. The van der Waals surface area contributed by atoms with Crippen molar-refractivity contribution in [3.8, 4) is 0 Å². The minimum absolute atomic E-state index is 1.21. The molecular formula is C20H25BrN2. The number of para-hydroxylation sites is 2. The first-order valence-corrected chi connectivity index (χ1v) is 9.35. The molecule has 2 N–H and O–H groups in total. The standard InChI is InChI=1S/2C8H7N.C3H8.CH3Br/c2*1-2-4-8-7(3-1)5-6-9-8;1-3-2;1-2/h2*1-6,9H;3H2,1-2H3;1H3. The second-order valence-corrected chi connectivity index (χ2v) is 4.84. The fourth-order valence-corrected chi connectivity index (χ4v) is 1.99. The molecule has 0 aliphatic carbocycles. The largest absolute Gasteiger partial charge is 0.361 e. The highest BCUT2D eigenvalue weighted by molar-refractivity contribution is 9.08. The maximum atomic E-state index is 3.12. The summed E-state index contributed by atoms with van der Waals surface area (Å²) in [6, 6.07) is 20.6. The van der Waals surface area contributed by atoms with Crippen molar-refractivity contribution in [2.45, 2.75) is 20.3 Å². The number of alkyl halides is 1. The maximum Gasteiger partial charge on any atom is 0.0453 e. The van der Waals surface area contributed by atoms with E-state index in [0.29, 0.717) is 0 Å². The van der Waals surface area contributed by atoms with E-state index >= 15 is 0 Å². The highest BCUT2D eigenvalue weighted by Gasteiger charge is 1.87. The number of fused-ring (bicyclic) bond motifs is 2. The highest BCUT2D eigenvalue weighted by atomic mass is 79.9. The molecule has 0 spiro atoms. The third-order valence-corrected chi connectivity index (χ3v) is 2.93. The Labute approximate surface area is 147 Å². The average molecular weight is 373 g/mol. The van der Waals surface area contributed by atoms with Gasteiger partial charge in [0.1, 0.15) is 0 Å². The molecule has 2 heterocycles. The number of hydrogen-bond donors (Lipinski definition) is 2. The Morgan fingerprint density at radius 3 is 1.35 bits per heavy atom. The first-order chi connectivity index (χ1) is 11.3. The second-order valence-electron chi connectivity index (χ2n) is 4.84. The number of H-pyrrole nitrogens is 2. The van der Waals surface area contributed by atoms with E-state index in [4.69, 9.17) is 0 Å². The summed E-state index contributed by atoms with van der Waals surface area (Å²) in [4.78, 5) is 6.24. The van der Waals surface area contributed by atoms with Crippen LogP contribution in [0.1, 0.15) is 20.3 Å². The van der Waals surface area contributed by atoms with Crippen molar-refractivity contribution in [2.24, 2.45) is 0 Å². The zero-order valence-corrected chi connectivity index (χ0v) is 15.6. The lowest BCUT2D eigenvalue weighted by molar-refractivity contribution is 1.09. The van der Waals surface area contributed by atoms with Gasteiger partial charge in [0.15, 0.2) is 0 Å². The number of halogens is 1. The van der Waals surface area contributed by atoms with E-state index in [2.05, 4.69) is 76.1 Å². The summed E-state index contributed by atoms with van der Waals surface area (Å²) < 4.78 is 0. The third kappa shape index (κ3) is 6.33. The summed E-state index contributed by atoms with van der Waals surface area (Å²) in [5.74, 6) is 1.81. The molecule has 0 aliphatic heterocycles. The predicted molar refractivity (Wildman–Crippen MR) is 107 cm³/mol. The second kappa shape index (κ2) is 11.6. The van der Waals surface area contributed by atoms with Crippen LogP contribution in [-0.2, 0) is 0 Å². The molecule has 4 aromatic rings. The van der Waals surface area contributed by atoms with Gasteiger partial charge in [-0.1, -0.05) is 72.6 Å². The quantitative estimate of drug-likeness (QED) is 0.319. The van der Waals surface area contributed by atoms with Gasteiger partial charge >= 0.3 is 0 Å². The van der Waals surface area contributed by atoms with E-state index in [-0.39, 0.29) is 0 Å². The van der Waals surface area contributed by atoms with E-state index in [1.807, 2.05) is 42.5 Å². The number of aromatic nitrogens is 2. The molecule has 0 unspecified atom stereocenters. The summed E-state index contributed by atoms with van der Waals surface area (Å²) in [7, 11) is 0. The van der Waals surface area contributed by atoms with Gasteiger partial charge in [-0.15, -0.1) is 0 Å². The van der Waals surface area contributed by atoms with Gasteiger partial charge in [-0.3, -0.25) is 0 Å². The van der Waals surface area contributed by atoms with Gasteiger partial charge in [-0.25, -0.2) is 0 Å². The number of nitrogens with one attached hydrogen (secondary N) is 2. The Bertz CT molecular complexity index is 645. The molecule has 0 radical (unpaired) electrons. The minimum Gasteiger partial charge on any atom is -0.361 e. The lowest BCUT2D eigenvalue weighted by Gasteiger charge is -1.83. The Kier molecular flexibility index (Phi) is 9.57. The van der Waals surface area contributed by atoms with Gasteiger partial charge in [0.25, 0.3) is 0 Å². The van der Waals surface area contributed by atoms with Crippen molar-refractivity contribution in [1.82, 2.24) is 9.97 Å². The van der Waals surface area contributed by atoms with Crippen LogP contribution in [0, 0.1) is 0 Å². The molecule has 3 heteroatoms. The van der Waals surface area contributed by atoms with Crippen molar-refractivity contribution in [2.75, 3.05) is 5.83 Å². The molecule has 0 aliphatic rings. The Balaban J connectivity index is 0.000000181. The topological polar surface area (TPSA) is 31.6 Å². The summed E-state index contributed by atoms with van der Waals surface area (Å²) in [6.45, 7) is 4.25. The average Bonchev–Trinajstić information content (AvgIpc) is 3.27. The molecule has 122 valence electrons. The van der Waals surface area contributed by atoms with E-state index < -0.39 is 0 Å². The van der Waals surface area contributed by atoms with Crippen LogP contribution < -0.4 is 0 Å². The Hall–Kier alpha value is -2.00. The van der Waals surface area contributed by atoms with E-state index in [9.17, 15) is 0 Å². The highest BCUT2D eigenvalue weighted by Crippen LogP contribution is 2.09. The molecule has 23 heavy (non-hydrogen) atoms. The number of aromatic amines is 2. The third-order valence-electron chi connectivity index (χ3n) is 2.93. The molecule has 0 atom stereocenters. The van der Waals surface area contributed by atoms with Crippen LogP contribution in [0.3, 0.4) is 0 Å². The van der Waals surface area contributed by atoms with E-state index in [0.717, 1.165) is 0 Å². The molecule has 0 saturated carbocycles. The van der Waals surface area contributed by atoms with Crippen LogP contribution in [-0.4, -0.2) is 15.8 Å². The Morgan fingerprint density at radius 1 is 0.652 bits per heavy atom. The molecule has 4 rings (SSSR count). The SMILES string of the molecule is CBr.CCC.c1ccc2[nH]ccc2c1.c1ccc2[nH]ccc2c1. The van der Waals surface area contributed by atoms with Gasteiger partial charge in [0.05, 0.1) is 0 Å². The van der Waals surface area contributed by atoms with Crippen LogP contribution in [0.4, 0.5) is 0 Å². The zero-order valence-electron chi connectivity index (χ0n) is 14.0. The molecule has 2 nitrogen and oxygen atoms in total. The molecular weight excluding hydrogens is 348 g/mol. The summed E-state index contributed by atoms with van der Waals surface area (Å²) in [6.07, 6.45) is 5.15. The van der Waals surface area contributed by atoms with Crippen molar-refractivity contribution < 1.29 is 0 Å². The lowest BCUT2D eigenvalue weighted by atomic mass is 10.3. The zero-order chi connectivity index (χ0) is 16.9. The van der Waals surface area contributed by atoms with Crippen LogP contribution in [0.5, 0.6) is 0 Å². The van der Waals surface area contributed by atoms with Crippen LogP contribution in [0.15, 0.2) is 73.1 Å². The molecule has 0 amide bonds. The monoisotopic (exact) mass is 372 g/mol. The van der Waals surface area contributed by atoms with Crippen molar-refractivity contribution >= 4 is 37.7 Å². The van der Waals surface area contributed by atoms with Crippen molar-refractivity contribution in [3.63, 3.8) is 0 Å². The van der Waals surface area contributed by atoms with Gasteiger partial charge in [-0.05, 0) is 40.9 Å². The van der Waals surface area contributed by atoms with E-state index in [1.165, 1.54) is 28.2 Å². The van der Waals surface area contributed by atoms with Crippen LogP contribution in [0.25, 0.3) is 21.8 Å². The van der Waals surface area contributed by atoms with Gasteiger partial charge in [0.2, 0.25) is 0 Å². The predicted octanol–water partition coefficient (Wildman–Crippen LogP) is 6.76. The van der Waals surface area contributed by atoms with Crippen LogP contribution >= 0.6 is 15.9 Å². The fraction of sp³-hybridized carbons (Fsp3) is 0.200. The van der Waals surface area contributed by atoms with Crippen LogP contribution in [0.2, 0.25) is 0 Å². The summed E-state index contributed by atoms with van der Waals surface area (Å²) >= 11 is 2.94. The maximum absolute atomic E-state index is 3.12. The number of rotatable bonds is 0. The van der Waals surface area contributed by atoms with E-state index in [1.54, 1.807) is 0 Å². The van der Waals surface area contributed by atoms with Crippen molar-refractivity contribution in [1.29, 1.82) is 0 Å². The molecule has 0 saturated heterocycles. The minimum atomic E-state index is 1.21. The smallest absolute Gasteiger partial charge is 0.0453 e. The summed E-state index contributed by atoms with van der Waals surface area (Å²) in [5.41, 5.74) is 2.41. The molecule has 0 fully saturated rings. The fourth-order valence-electron chi connectivity index (χ4n) is 1.99. The Morgan fingerprint density at radius 2 is 1.00 bits per heavy atom. The molecule has 0 bridgehead atoms. The van der Waals surface area contributed by atoms with Gasteiger partial charge in [-0.2, -0.15) is 0 Å². The molecule has 2 aromatic heterocycles. The lowest BCUT2D eigenvalue weighted by Crippen LogP contribution is -1.61. The number of benzene rings is 2. The van der Waals surface area contributed by atoms with Crippen molar-refractivity contribution in [3.05, 3.63) is 73.1 Å². The summed E-state index contributed by atoms with van der Waals surface area (Å²) in [5, 5.41) is 2.55. The normalized spacial score (nSPS) is 9.04. The van der Waals surface area contributed by atoms with Gasteiger partial charge < -0.3 is 9.97 Å².